The molecule has 2 N–H and O–H groups in total. The highest BCUT2D eigenvalue weighted by molar-refractivity contribution is 7.98. The number of nitrogen functional groups attached to an aromatic ring is 1. The van der Waals surface area contributed by atoms with Gasteiger partial charge in [-0.2, -0.15) is 0 Å². The summed E-state index contributed by atoms with van der Waals surface area (Å²) < 4.78 is 12.3. The van der Waals surface area contributed by atoms with Gasteiger partial charge in [0.2, 0.25) is 0 Å². The minimum atomic E-state index is -0.313. The first-order valence-electron chi connectivity index (χ1n) is 6.62. The Kier molecular flexibility index (Phi) is 3.91. The number of rotatable bonds is 3. The zero-order valence-electron chi connectivity index (χ0n) is 12.3. The van der Waals surface area contributed by atoms with Gasteiger partial charge in [0.1, 0.15) is 0 Å². The monoisotopic (exact) mass is 279 g/mol. The molecular formula is C14H22BNO2S. The van der Waals surface area contributed by atoms with Crippen molar-refractivity contribution in [2.75, 3.05) is 12.0 Å². The third-order valence-electron chi connectivity index (χ3n) is 4.25. The van der Waals surface area contributed by atoms with Crippen LogP contribution in [0, 0.1) is 0 Å². The Morgan fingerprint density at radius 1 is 1.26 bits per heavy atom. The fraction of sp³-hybridized carbons (Fsp3) is 0.571. The summed E-state index contributed by atoms with van der Waals surface area (Å²) in [4.78, 5) is 1.06. The summed E-state index contributed by atoms with van der Waals surface area (Å²) >= 11 is 1.64. The molecule has 0 aromatic heterocycles. The van der Waals surface area contributed by atoms with Crippen LogP contribution in [0.15, 0.2) is 23.1 Å². The minimum absolute atomic E-state index is 0.265. The van der Waals surface area contributed by atoms with E-state index in [2.05, 4.69) is 33.8 Å². The average Bonchev–Trinajstić information content (AvgIpc) is 2.61. The van der Waals surface area contributed by atoms with Crippen LogP contribution in [0.1, 0.15) is 34.1 Å². The number of hydrogen-bond acceptors (Lipinski definition) is 4. The highest BCUT2D eigenvalue weighted by Gasteiger charge is 2.53. The van der Waals surface area contributed by atoms with Gasteiger partial charge in [-0.25, -0.2) is 0 Å². The molecule has 0 radical (unpaired) electrons. The summed E-state index contributed by atoms with van der Waals surface area (Å²) in [5.74, 6) is 0. The average molecular weight is 279 g/mol. The minimum Gasteiger partial charge on any atom is -0.399 e. The second-order valence-corrected chi connectivity index (χ2v) is 6.51. The molecule has 0 saturated carbocycles. The van der Waals surface area contributed by atoms with Gasteiger partial charge in [-0.3, -0.25) is 0 Å². The van der Waals surface area contributed by atoms with Gasteiger partial charge in [0.15, 0.2) is 0 Å². The van der Waals surface area contributed by atoms with Gasteiger partial charge in [0, 0.05) is 10.6 Å². The van der Waals surface area contributed by atoms with E-state index in [1.807, 2.05) is 18.4 Å². The van der Waals surface area contributed by atoms with Crippen LogP contribution in [0.4, 0.5) is 5.69 Å². The molecule has 0 aliphatic carbocycles. The quantitative estimate of drug-likeness (QED) is 0.525. The van der Waals surface area contributed by atoms with Gasteiger partial charge in [0.25, 0.3) is 0 Å². The maximum atomic E-state index is 6.17. The van der Waals surface area contributed by atoms with E-state index < -0.39 is 0 Å². The van der Waals surface area contributed by atoms with Crippen molar-refractivity contribution in [3.8, 4) is 0 Å². The molecule has 1 heterocycles. The molecule has 3 nitrogen and oxygen atoms in total. The topological polar surface area (TPSA) is 44.5 Å². The first-order valence-corrected chi connectivity index (χ1v) is 7.84. The lowest BCUT2D eigenvalue weighted by Crippen LogP contribution is -2.44. The van der Waals surface area contributed by atoms with Crippen LogP contribution in [-0.2, 0) is 9.31 Å². The molecule has 104 valence electrons. The van der Waals surface area contributed by atoms with E-state index in [0.29, 0.717) is 0 Å². The fourth-order valence-electron chi connectivity index (χ4n) is 2.31. The lowest BCUT2D eigenvalue weighted by Gasteiger charge is -2.35. The van der Waals surface area contributed by atoms with Crippen LogP contribution in [0.5, 0.6) is 0 Å². The molecule has 1 aliphatic heterocycles. The van der Waals surface area contributed by atoms with Gasteiger partial charge in [-0.05, 0) is 51.0 Å². The summed E-state index contributed by atoms with van der Waals surface area (Å²) in [6, 6.07) is 5.96. The van der Waals surface area contributed by atoms with E-state index >= 15 is 0 Å². The molecule has 1 unspecified atom stereocenters. The molecule has 5 heteroatoms. The smallest absolute Gasteiger partial charge is 0.399 e. The van der Waals surface area contributed by atoms with Crippen LogP contribution in [0.25, 0.3) is 0 Å². The lowest BCUT2D eigenvalue weighted by atomic mass is 9.79. The number of anilines is 1. The molecule has 1 aliphatic rings. The molecule has 0 bridgehead atoms. The predicted octanol–water partition coefficient (Wildman–Crippen LogP) is 2.68. The third-order valence-corrected chi connectivity index (χ3v) is 5.04. The molecule has 19 heavy (non-hydrogen) atoms. The van der Waals surface area contributed by atoms with Crippen LogP contribution in [0.2, 0.25) is 0 Å². The van der Waals surface area contributed by atoms with Crippen molar-refractivity contribution < 1.29 is 9.31 Å². The van der Waals surface area contributed by atoms with E-state index in [-0.39, 0.29) is 18.3 Å². The largest absolute Gasteiger partial charge is 0.494 e. The molecule has 2 rings (SSSR count). The van der Waals surface area contributed by atoms with E-state index in [0.717, 1.165) is 22.5 Å². The third kappa shape index (κ3) is 2.51. The number of nitrogens with two attached hydrogens (primary N) is 1. The highest BCUT2D eigenvalue weighted by atomic mass is 32.2. The van der Waals surface area contributed by atoms with Crippen molar-refractivity contribution in [1.82, 2.24) is 0 Å². The van der Waals surface area contributed by atoms with Crippen molar-refractivity contribution in [1.29, 1.82) is 0 Å². The molecule has 1 saturated heterocycles. The van der Waals surface area contributed by atoms with Gasteiger partial charge in [-0.15, -0.1) is 11.8 Å². The van der Waals surface area contributed by atoms with Crippen LogP contribution in [-0.4, -0.2) is 24.6 Å². The van der Waals surface area contributed by atoms with Gasteiger partial charge < -0.3 is 15.0 Å². The van der Waals surface area contributed by atoms with Gasteiger partial charge >= 0.3 is 7.12 Å². The highest BCUT2D eigenvalue weighted by Crippen LogP contribution is 2.39. The normalized spacial score (nSPS) is 25.8. The number of thioether (sulfide) groups is 1. The van der Waals surface area contributed by atoms with Crippen molar-refractivity contribution in [2.45, 2.75) is 50.2 Å². The number of hydrogen-bond donors (Lipinski definition) is 1. The van der Waals surface area contributed by atoms with Crippen LogP contribution >= 0.6 is 11.8 Å². The molecule has 1 atom stereocenters. The fourth-order valence-corrected chi connectivity index (χ4v) is 2.87. The first kappa shape index (κ1) is 14.8. The van der Waals surface area contributed by atoms with Crippen LogP contribution in [0.3, 0.4) is 0 Å². The Labute approximate surface area is 120 Å². The SMILES string of the molecule is CCC1(C)OB(c2ccc(N)c(SC)c2)OC1(C)C. The Balaban J connectivity index is 2.30. The lowest BCUT2D eigenvalue weighted by molar-refractivity contribution is -0.0118. The maximum Gasteiger partial charge on any atom is 0.494 e. The van der Waals surface area contributed by atoms with Gasteiger partial charge in [-0.1, -0.05) is 13.0 Å². The standard InChI is InChI=1S/C14H22BNO2S/c1-6-14(4)13(2,3)17-15(18-14)10-7-8-11(16)12(9-10)19-5/h7-9H,6,16H2,1-5H3. The molecule has 1 aromatic rings. The van der Waals surface area contributed by atoms with Crippen molar-refractivity contribution in [3.63, 3.8) is 0 Å². The van der Waals surface area contributed by atoms with Gasteiger partial charge in [0.05, 0.1) is 11.2 Å². The van der Waals surface area contributed by atoms with E-state index in [1.165, 1.54) is 0 Å². The summed E-state index contributed by atoms with van der Waals surface area (Å²) in [7, 11) is -0.313. The van der Waals surface area contributed by atoms with E-state index in [1.54, 1.807) is 11.8 Å². The second-order valence-electron chi connectivity index (χ2n) is 5.66. The Morgan fingerprint density at radius 3 is 2.47 bits per heavy atom. The summed E-state index contributed by atoms with van der Waals surface area (Å²) in [5, 5.41) is 0. The predicted molar refractivity (Wildman–Crippen MR) is 83.0 cm³/mol. The second kappa shape index (κ2) is 5.04. The summed E-state index contributed by atoms with van der Waals surface area (Å²) in [5.41, 5.74) is 7.19. The van der Waals surface area contributed by atoms with Crippen molar-refractivity contribution >= 4 is 30.0 Å². The molecule has 0 amide bonds. The molecule has 1 aromatic carbocycles. The zero-order valence-corrected chi connectivity index (χ0v) is 13.1. The zero-order chi connectivity index (χ0) is 14.3. The van der Waals surface area contributed by atoms with E-state index in [9.17, 15) is 0 Å². The maximum absolute atomic E-state index is 6.17. The molecule has 1 fully saturated rings. The Hall–Kier alpha value is -0.645. The Bertz CT molecular complexity index is 481. The Morgan fingerprint density at radius 2 is 1.95 bits per heavy atom. The van der Waals surface area contributed by atoms with Crippen LogP contribution < -0.4 is 11.2 Å². The molecular weight excluding hydrogens is 257 g/mol. The van der Waals surface area contributed by atoms with Crippen molar-refractivity contribution in [3.05, 3.63) is 18.2 Å². The summed E-state index contributed by atoms with van der Waals surface area (Å²) in [6.07, 6.45) is 2.94. The van der Waals surface area contributed by atoms with E-state index in [4.69, 9.17) is 15.0 Å². The molecule has 0 spiro atoms. The first-order chi connectivity index (χ1) is 8.83. The number of benzene rings is 1. The van der Waals surface area contributed by atoms with Crippen molar-refractivity contribution in [2.24, 2.45) is 0 Å². The summed E-state index contributed by atoms with van der Waals surface area (Å²) in [6.45, 7) is 8.41.